The topological polar surface area (TPSA) is 97.4 Å². The third-order valence-electron chi connectivity index (χ3n) is 4.68. The SMILES string of the molecule is COC(=O)OCC1=C(COC(=O)OC)C2CC1C=C(C=C(C)C)[C@H]2OC(C)=O. The quantitative estimate of drug-likeness (QED) is 0.384. The molecule has 8 nitrogen and oxygen atoms in total. The van der Waals surface area contributed by atoms with Crippen molar-refractivity contribution in [3.63, 3.8) is 0 Å². The lowest BCUT2D eigenvalue weighted by atomic mass is 9.82. The van der Waals surface area contributed by atoms with Gasteiger partial charge in [-0.2, -0.15) is 0 Å². The Morgan fingerprint density at radius 3 is 2.07 bits per heavy atom. The molecule has 0 N–H and O–H groups in total. The molecule has 0 radical (unpaired) electrons. The fraction of sp³-hybridized carbons (Fsp3) is 0.550. The van der Waals surface area contributed by atoms with E-state index in [-0.39, 0.29) is 25.0 Å². The largest absolute Gasteiger partial charge is 0.508 e. The van der Waals surface area contributed by atoms with Gasteiger partial charge in [-0.15, -0.1) is 0 Å². The maximum absolute atomic E-state index is 11.7. The van der Waals surface area contributed by atoms with E-state index in [1.807, 2.05) is 26.0 Å². The van der Waals surface area contributed by atoms with Crippen LogP contribution in [0.2, 0.25) is 0 Å². The molecule has 0 aromatic heterocycles. The number of hydrogen-bond donors (Lipinski definition) is 0. The van der Waals surface area contributed by atoms with Crippen LogP contribution in [0.4, 0.5) is 9.59 Å². The molecule has 0 heterocycles. The third kappa shape index (κ3) is 5.15. The van der Waals surface area contributed by atoms with Gasteiger partial charge in [0.05, 0.1) is 14.2 Å². The average molecular weight is 394 g/mol. The fourth-order valence-corrected chi connectivity index (χ4v) is 3.65. The van der Waals surface area contributed by atoms with Crippen molar-refractivity contribution in [2.24, 2.45) is 11.8 Å². The van der Waals surface area contributed by atoms with Gasteiger partial charge in [0, 0.05) is 18.8 Å². The maximum atomic E-state index is 11.7. The van der Waals surface area contributed by atoms with E-state index in [0.29, 0.717) is 6.42 Å². The predicted molar refractivity (Wildman–Crippen MR) is 98.4 cm³/mol. The molecule has 3 atom stereocenters. The zero-order valence-corrected chi connectivity index (χ0v) is 16.8. The van der Waals surface area contributed by atoms with E-state index in [1.165, 1.54) is 21.1 Å². The third-order valence-corrected chi connectivity index (χ3v) is 4.68. The molecule has 0 spiro atoms. The smallest absolute Gasteiger partial charge is 0.457 e. The van der Waals surface area contributed by atoms with E-state index in [4.69, 9.17) is 14.2 Å². The Kier molecular flexibility index (Phi) is 7.25. The first-order valence-electron chi connectivity index (χ1n) is 8.93. The number of carbonyl (C=O) groups is 3. The van der Waals surface area contributed by atoms with E-state index >= 15 is 0 Å². The highest BCUT2D eigenvalue weighted by Gasteiger charge is 2.44. The lowest BCUT2D eigenvalue weighted by Crippen LogP contribution is -2.31. The summed E-state index contributed by atoms with van der Waals surface area (Å²) in [5, 5.41) is 0. The number of hydrogen-bond acceptors (Lipinski definition) is 8. The Morgan fingerprint density at radius 2 is 1.57 bits per heavy atom. The van der Waals surface area contributed by atoms with Gasteiger partial charge in [0.1, 0.15) is 19.3 Å². The second-order valence-electron chi connectivity index (χ2n) is 6.90. The summed E-state index contributed by atoms with van der Waals surface area (Å²) in [7, 11) is 2.45. The number of ether oxygens (including phenoxy) is 5. The predicted octanol–water partition coefficient (Wildman–Crippen LogP) is 3.32. The number of methoxy groups -OCH3 is 2. The van der Waals surface area contributed by atoms with Gasteiger partial charge in [-0.3, -0.25) is 4.79 Å². The summed E-state index contributed by atoms with van der Waals surface area (Å²) in [5.41, 5.74) is 3.51. The molecule has 0 amide bonds. The molecule has 0 fully saturated rings. The van der Waals surface area contributed by atoms with Crippen LogP contribution in [0.25, 0.3) is 0 Å². The standard InChI is InChI=1S/C20H26O8/c1-11(2)6-14-7-13-8-15(18(14)28-12(3)21)17(10-27-20(23)25-5)16(13)9-26-19(22)24-4/h6-7,13,15,18H,8-10H2,1-5H3/t13?,15?,18-/m1/s1. The molecule has 0 aliphatic heterocycles. The summed E-state index contributed by atoms with van der Waals surface area (Å²) in [6.45, 7) is 5.23. The zero-order valence-electron chi connectivity index (χ0n) is 16.8. The van der Waals surface area contributed by atoms with Crippen molar-refractivity contribution in [1.82, 2.24) is 0 Å². The molecule has 2 aliphatic rings. The van der Waals surface area contributed by atoms with Crippen LogP contribution in [-0.2, 0) is 28.5 Å². The lowest BCUT2D eigenvalue weighted by molar-refractivity contribution is -0.146. The summed E-state index contributed by atoms with van der Waals surface area (Å²) in [4.78, 5) is 34.6. The molecule has 8 heteroatoms. The molecule has 2 aliphatic carbocycles. The second-order valence-corrected chi connectivity index (χ2v) is 6.90. The summed E-state index contributed by atoms with van der Waals surface area (Å²) >= 11 is 0. The van der Waals surface area contributed by atoms with Crippen molar-refractivity contribution in [3.8, 4) is 0 Å². The molecule has 2 bridgehead atoms. The van der Waals surface area contributed by atoms with Crippen LogP contribution in [0, 0.1) is 11.8 Å². The highest BCUT2D eigenvalue weighted by atomic mass is 16.7. The molecule has 2 unspecified atom stereocenters. The number of carbonyl (C=O) groups excluding carboxylic acids is 3. The number of allylic oxidation sites excluding steroid dienone is 2. The molecular weight excluding hydrogens is 368 g/mol. The van der Waals surface area contributed by atoms with Crippen LogP contribution < -0.4 is 0 Å². The van der Waals surface area contributed by atoms with Crippen molar-refractivity contribution >= 4 is 18.3 Å². The highest BCUT2D eigenvalue weighted by molar-refractivity contribution is 5.67. The zero-order chi connectivity index (χ0) is 20.8. The maximum Gasteiger partial charge on any atom is 0.508 e. The normalized spacial score (nSPS) is 22.8. The van der Waals surface area contributed by atoms with Crippen molar-refractivity contribution in [2.45, 2.75) is 33.3 Å². The van der Waals surface area contributed by atoms with E-state index < -0.39 is 24.4 Å². The Labute approximate surface area is 164 Å². The van der Waals surface area contributed by atoms with Crippen LogP contribution in [0.15, 0.2) is 34.4 Å². The van der Waals surface area contributed by atoms with E-state index in [9.17, 15) is 14.4 Å². The molecule has 2 rings (SSSR count). The molecule has 0 aromatic rings. The minimum absolute atomic E-state index is 0.000894. The van der Waals surface area contributed by atoms with Crippen LogP contribution in [0.1, 0.15) is 27.2 Å². The number of rotatable bonds is 6. The molecule has 0 saturated carbocycles. The molecule has 0 aromatic carbocycles. The van der Waals surface area contributed by atoms with Crippen LogP contribution in [0.3, 0.4) is 0 Å². The Balaban J connectivity index is 2.39. The van der Waals surface area contributed by atoms with Gasteiger partial charge < -0.3 is 23.7 Å². The molecule has 154 valence electrons. The Bertz CT molecular complexity index is 726. The lowest BCUT2D eigenvalue weighted by Gasteiger charge is -2.30. The van der Waals surface area contributed by atoms with Crippen molar-refractivity contribution in [3.05, 3.63) is 34.4 Å². The Morgan fingerprint density at radius 1 is 1.00 bits per heavy atom. The van der Waals surface area contributed by atoms with Gasteiger partial charge >= 0.3 is 18.3 Å². The monoisotopic (exact) mass is 394 g/mol. The number of fused-ring (bicyclic) bond motifs is 2. The second kappa shape index (κ2) is 9.43. The first kappa shape index (κ1) is 21.5. The van der Waals surface area contributed by atoms with Crippen LogP contribution >= 0.6 is 0 Å². The Hall–Kier alpha value is -2.77. The summed E-state index contributed by atoms with van der Waals surface area (Å²) < 4.78 is 25.0. The first-order valence-corrected chi connectivity index (χ1v) is 8.93. The van der Waals surface area contributed by atoms with Crippen molar-refractivity contribution in [1.29, 1.82) is 0 Å². The van der Waals surface area contributed by atoms with Gasteiger partial charge in [0.15, 0.2) is 0 Å². The van der Waals surface area contributed by atoms with Gasteiger partial charge in [-0.25, -0.2) is 9.59 Å². The minimum atomic E-state index is -0.816. The van der Waals surface area contributed by atoms with Crippen molar-refractivity contribution in [2.75, 3.05) is 27.4 Å². The van der Waals surface area contributed by atoms with Crippen LogP contribution in [0.5, 0.6) is 0 Å². The molecule has 0 saturated heterocycles. The van der Waals surface area contributed by atoms with Crippen molar-refractivity contribution < 1.29 is 38.1 Å². The first-order chi connectivity index (χ1) is 13.3. The van der Waals surface area contributed by atoms with Crippen LogP contribution in [-0.4, -0.2) is 51.8 Å². The van der Waals surface area contributed by atoms with E-state index in [2.05, 4.69) is 9.47 Å². The minimum Gasteiger partial charge on any atom is -0.457 e. The van der Waals surface area contributed by atoms with Gasteiger partial charge in [0.2, 0.25) is 0 Å². The van der Waals surface area contributed by atoms with Gasteiger partial charge in [0.25, 0.3) is 0 Å². The average Bonchev–Trinajstić information content (AvgIpc) is 2.92. The van der Waals surface area contributed by atoms with E-state index in [0.717, 1.165) is 22.3 Å². The summed E-state index contributed by atoms with van der Waals surface area (Å²) in [6.07, 6.45) is 2.53. The number of esters is 1. The fourth-order valence-electron chi connectivity index (χ4n) is 3.65. The highest BCUT2D eigenvalue weighted by Crippen LogP contribution is 2.47. The van der Waals surface area contributed by atoms with E-state index in [1.54, 1.807) is 0 Å². The van der Waals surface area contributed by atoms with Gasteiger partial charge in [-0.1, -0.05) is 17.7 Å². The molecule has 28 heavy (non-hydrogen) atoms. The summed E-state index contributed by atoms with van der Waals surface area (Å²) in [5.74, 6) is -0.613. The summed E-state index contributed by atoms with van der Waals surface area (Å²) in [6, 6.07) is 0. The van der Waals surface area contributed by atoms with Gasteiger partial charge in [-0.05, 0) is 37.0 Å². The molecular formula is C20H26O8.